The second-order valence-corrected chi connectivity index (χ2v) is 5.93. The molecular weight excluding hydrogens is 240 g/mol. The van der Waals surface area contributed by atoms with E-state index in [2.05, 4.69) is 13.8 Å². The Labute approximate surface area is 113 Å². The lowest BCUT2D eigenvalue weighted by atomic mass is 9.93. The van der Waals surface area contributed by atoms with E-state index in [1.165, 1.54) is 0 Å². The molecule has 0 N–H and O–H groups in total. The van der Waals surface area contributed by atoms with E-state index in [9.17, 15) is 10.0 Å². The van der Waals surface area contributed by atoms with E-state index in [1.807, 2.05) is 17.0 Å². The van der Waals surface area contributed by atoms with Crippen LogP contribution in [0.5, 0.6) is 0 Å². The average molecular weight is 259 g/mol. The van der Waals surface area contributed by atoms with Crippen LogP contribution in [-0.2, 0) is 0 Å². The Morgan fingerprint density at radius 1 is 1.26 bits per heavy atom. The van der Waals surface area contributed by atoms with Gasteiger partial charge in [0.05, 0.1) is 5.56 Å². The number of amides is 1. The summed E-state index contributed by atoms with van der Waals surface area (Å²) in [5, 5.41) is 13.2. The quantitative estimate of drug-likeness (QED) is 0.778. The van der Waals surface area contributed by atoms with Gasteiger partial charge in [0.1, 0.15) is 0 Å². The van der Waals surface area contributed by atoms with Crippen LogP contribution in [0, 0.1) is 17.0 Å². The molecule has 4 nitrogen and oxygen atoms in total. The number of hydrogen-bond acceptors (Lipinski definition) is 3. The maximum Gasteiger partial charge on any atom is 0.256 e. The first kappa shape index (κ1) is 12.5. The SMILES string of the molecule is CC(C)[C@H]1C[C@H]2CN([O-])c3ccccc3C(=O)N2C1. The van der Waals surface area contributed by atoms with Gasteiger partial charge in [-0.25, -0.2) is 0 Å². The number of fused-ring (bicyclic) bond motifs is 2. The number of para-hydroxylation sites is 1. The van der Waals surface area contributed by atoms with Crippen LogP contribution in [0.25, 0.3) is 0 Å². The highest BCUT2D eigenvalue weighted by Crippen LogP contribution is 2.35. The molecule has 1 amide bonds. The molecule has 0 aromatic heterocycles. The van der Waals surface area contributed by atoms with Crippen molar-refractivity contribution in [2.24, 2.45) is 11.8 Å². The minimum absolute atomic E-state index is 0.0158. The van der Waals surface area contributed by atoms with Crippen molar-refractivity contribution in [2.45, 2.75) is 26.3 Å². The topological polar surface area (TPSA) is 46.6 Å². The van der Waals surface area contributed by atoms with E-state index in [1.54, 1.807) is 12.1 Å². The van der Waals surface area contributed by atoms with Crippen molar-refractivity contribution >= 4 is 11.6 Å². The van der Waals surface area contributed by atoms with Gasteiger partial charge in [0, 0.05) is 24.8 Å². The fourth-order valence-corrected chi connectivity index (χ4v) is 3.17. The molecule has 0 unspecified atom stereocenters. The molecule has 3 rings (SSSR count). The van der Waals surface area contributed by atoms with Crippen molar-refractivity contribution in [3.05, 3.63) is 35.0 Å². The maximum atomic E-state index is 12.6. The standard InChI is InChI=1S/C15H19N2O2/c1-10(2)11-7-12-9-17(19)14-6-4-3-5-13(14)15(18)16(12)8-11/h3-6,10-12H,7-9H2,1-2H3/q-1/t11-,12-/m0/s1. The largest absolute Gasteiger partial charge is 0.758 e. The zero-order valence-corrected chi connectivity index (χ0v) is 11.4. The molecule has 1 aromatic rings. The maximum absolute atomic E-state index is 12.6. The van der Waals surface area contributed by atoms with Gasteiger partial charge in [-0.2, -0.15) is 0 Å². The van der Waals surface area contributed by atoms with E-state index in [0.29, 0.717) is 29.6 Å². The first-order valence-electron chi connectivity index (χ1n) is 6.92. The number of hydroxylamine groups is 1. The third-order valence-corrected chi connectivity index (χ3v) is 4.43. The van der Waals surface area contributed by atoms with Crippen molar-refractivity contribution in [3.8, 4) is 0 Å². The van der Waals surface area contributed by atoms with Crippen molar-refractivity contribution in [1.29, 1.82) is 0 Å². The van der Waals surface area contributed by atoms with Crippen molar-refractivity contribution in [1.82, 2.24) is 4.90 Å². The Bertz CT molecular complexity index is 501. The fourth-order valence-electron chi connectivity index (χ4n) is 3.17. The molecule has 2 aliphatic rings. The molecular formula is C15H19N2O2-. The fraction of sp³-hybridized carbons (Fsp3) is 0.533. The van der Waals surface area contributed by atoms with Gasteiger partial charge < -0.3 is 15.2 Å². The first-order chi connectivity index (χ1) is 9.08. The summed E-state index contributed by atoms with van der Waals surface area (Å²) in [6.45, 7) is 5.55. The number of carbonyl (C=O) groups excluding carboxylic acids is 1. The summed E-state index contributed by atoms with van der Waals surface area (Å²) in [7, 11) is 0. The predicted octanol–water partition coefficient (Wildman–Crippen LogP) is 2.49. The zero-order valence-electron chi connectivity index (χ0n) is 11.4. The van der Waals surface area contributed by atoms with Gasteiger partial charge in [-0.3, -0.25) is 4.79 Å². The van der Waals surface area contributed by atoms with Crippen LogP contribution >= 0.6 is 0 Å². The summed E-state index contributed by atoms with van der Waals surface area (Å²) in [5.41, 5.74) is 1.06. The summed E-state index contributed by atoms with van der Waals surface area (Å²) in [5.74, 6) is 1.07. The molecule has 102 valence electrons. The molecule has 2 heterocycles. The second kappa shape index (κ2) is 4.53. The molecule has 19 heavy (non-hydrogen) atoms. The average Bonchev–Trinajstić information content (AvgIpc) is 2.78. The van der Waals surface area contributed by atoms with Crippen LogP contribution in [0.15, 0.2) is 24.3 Å². The van der Waals surface area contributed by atoms with Crippen molar-refractivity contribution in [3.63, 3.8) is 0 Å². The van der Waals surface area contributed by atoms with Gasteiger partial charge >= 0.3 is 0 Å². The summed E-state index contributed by atoms with van der Waals surface area (Å²) >= 11 is 0. The highest BCUT2D eigenvalue weighted by molar-refractivity contribution is 6.01. The molecule has 0 spiro atoms. The molecule has 1 fully saturated rings. The van der Waals surface area contributed by atoms with E-state index in [-0.39, 0.29) is 11.9 Å². The summed E-state index contributed by atoms with van der Waals surface area (Å²) in [6, 6.07) is 7.19. The molecule has 1 aromatic carbocycles. The second-order valence-electron chi connectivity index (χ2n) is 5.93. The lowest BCUT2D eigenvalue weighted by Gasteiger charge is -2.32. The van der Waals surface area contributed by atoms with Crippen LogP contribution in [0.1, 0.15) is 30.6 Å². The summed E-state index contributed by atoms with van der Waals surface area (Å²) in [6.07, 6.45) is 0.941. The van der Waals surface area contributed by atoms with Gasteiger partial charge in [0.25, 0.3) is 5.91 Å². The van der Waals surface area contributed by atoms with Gasteiger partial charge in [0.15, 0.2) is 0 Å². The Balaban J connectivity index is 1.96. The van der Waals surface area contributed by atoms with Crippen molar-refractivity contribution in [2.75, 3.05) is 18.2 Å². The smallest absolute Gasteiger partial charge is 0.256 e. The van der Waals surface area contributed by atoms with Gasteiger partial charge in [-0.1, -0.05) is 26.0 Å². The summed E-state index contributed by atoms with van der Waals surface area (Å²) < 4.78 is 0. The van der Waals surface area contributed by atoms with Crippen molar-refractivity contribution < 1.29 is 4.79 Å². The highest BCUT2D eigenvalue weighted by Gasteiger charge is 2.39. The lowest BCUT2D eigenvalue weighted by molar-refractivity contribution is 0.0742. The van der Waals surface area contributed by atoms with Gasteiger partial charge in [0.2, 0.25) is 0 Å². The lowest BCUT2D eigenvalue weighted by Crippen LogP contribution is -2.38. The Hall–Kier alpha value is -1.55. The van der Waals surface area contributed by atoms with E-state index >= 15 is 0 Å². The van der Waals surface area contributed by atoms with Crippen LogP contribution in [0.4, 0.5) is 5.69 Å². The molecule has 0 saturated carbocycles. The molecule has 0 bridgehead atoms. The summed E-state index contributed by atoms with van der Waals surface area (Å²) in [4.78, 5) is 14.5. The number of nitrogens with zero attached hydrogens (tertiary/aromatic N) is 2. The van der Waals surface area contributed by atoms with Crippen LogP contribution in [0.3, 0.4) is 0 Å². The Kier molecular flexibility index (Phi) is 2.97. The molecule has 2 aliphatic heterocycles. The number of carbonyl (C=O) groups is 1. The molecule has 0 radical (unpaired) electrons. The first-order valence-corrected chi connectivity index (χ1v) is 6.92. The minimum atomic E-state index is 0.0158. The van der Waals surface area contributed by atoms with E-state index < -0.39 is 0 Å². The Morgan fingerprint density at radius 3 is 2.74 bits per heavy atom. The monoisotopic (exact) mass is 259 g/mol. The highest BCUT2D eigenvalue weighted by atomic mass is 16.5. The van der Waals surface area contributed by atoms with Gasteiger partial charge in [-0.15, -0.1) is 0 Å². The van der Waals surface area contributed by atoms with Crippen LogP contribution < -0.4 is 5.06 Å². The number of anilines is 1. The van der Waals surface area contributed by atoms with E-state index in [4.69, 9.17) is 0 Å². The number of rotatable bonds is 1. The Morgan fingerprint density at radius 2 is 2.00 bits per heavy atom. The number of hydrogen-bond donors (Lipinski definition) is 0. The van der Waals surface area contributed by atoms with E-state index in [0.717, 1.165) is 18.0 Å². The molecule has 4 heteroatoms. The minimum Gasteiger partial charge on any atom is -0.758 e. The third kappa shape index (κ3) is 2.00. The molecule has 2 atom stereocenters. The molecule has 0 aliphatic carbocycles. The molecule has 1 saturated heterocycles. The normalized spacial score (nSPS) is 26.4. The third-order valence-electron chi connectivity index (χ3n) is 4.43. The predicted molar refractivity (Wildman–Crippen MR) is 74.9 cm³/mol. The van der Waals surface area contributed by atoms with Crippen LogP contribution in [-0.4, -0.2) is 29.9 Å². The zero-order chi connectivity index (χ0) is 13.6. The number of benzene rings is 1. The van der Waals surface area contributed by atoms with Gasteiger partial charge in [-0.05, 0) is 30.4 Å². The van der Waals surface area contributed by atoms with Crippen LogP contribution in [0.2, 0.25) is 0 Å².